The molecule has 2 rings (SSSR count). The zero-order valence-electron chi connectivity index (χ0n) is 7.24. The summed E-state index contributed by atoms with van der Waals surface area (Å²) in [6, 6.07) is 3.31. The Labute approximate surface area is 79.4 Å². The van der Waals surface area contributed by atoms with Crippen molar-refractivity contribution in [3.63, 3.8) is 0 Å². The number of hydrogen-bond donors (Lipinski definition) is 1. The maximum Gasteiger partial charge on any atom is 0.257 e. The molecule has 0 saturated heterocycles. The highest BCUT2D eigenvalue weighted by Crippen LogP contribution is 2.34. The van der Waals surface area contributed by atoms with Crippen molar-refractivity contribution in [2.24, 2.45) is 5.73 Å². The minimum Gasteiger partial charge on any atom is -0.454 e. The smallest absolute Gasteiger partial charge is 0.257 e. The Morgan fingerprint density at radius 3 is 2.64 bits per heavy atom. The van der Waals surface area contributed by atoms with Crippen LogP contribution in [0.2, 0.25) is 0 Å². The van der Waals surface area contributed by atoms with Crippen LogP contribution in [0, 0.1) is 0 Å². The van der Waals surface area contributed by atoms with E-state index in [0.29, 0.717) is 17.1 Å². The summed E-state index contributed by atoms with van der Waals surface area (Å²) in [4.78, 5) is 0. The van der Waals surface area contributed by atoms with E-state index >= 15 is 0 Å². The van der Waals surface area contributed by atoms with Gasteiger partial charge in [-0.15, -0.1) is 0 Å². The number of rotatable bonds is 2. The van der Waals surface area contributed by atoms with Gasteiger partial charge in [0.05, 0.1) is 6.04 Å². The summed E-state index contributed by atoms with van der Waals surface area (Å²) in [6.45, 7) is 0.128. The fraction of sp³-hybridized carbons (Fsp3) is 0.333. The summed E-state index contributed by atoms with van der Waals surface area (Å²) in [5.41, 5.74) is 5.64. The van der Waals surface area contributed by atoms with Gasteiger partial charge in [0.2, 0.25) is 6.79 Å². The van der Waals surface area contributed by atoms with Crippen LogP contribution < -0.4 is 15.2 Å². The molecule has 3 nitrogen and oxygen atoms in total. The minimum atomic E-state index is -2.57. The maximum absolute atomic E-state index is 12.3. The topological polar surface area (TPSA) is 44.5 Å². The Bertz CT molecular complexity index is 344. The molecule has 1 heterocycles. The first-order chi connectivity index (χ1) is 6.68. The molecule has 1 aromatic carbocycles. The Balaban J connectivity index is 2.28. The molecule has 76 valence electrons. The van der Waals surface area contributed by atoms with Crippen molar-refractivity contribution in [2.45, 2.75) is 12.5 Å². The number of nitrogens with two attached hydrogens (primary N) is 1. The van der Waals surface area contributed by atoms with Crippen LogP contribution in [0.25, 0.3) is 0 Å². The van der Waals surface area contributed by atoms with Crippen LogP contribution in [-0.2, 0) is 0 Å². The van der Waals surface area contributed by atoms with Crippen LogP contribution in [0.4, 0.5) is 8.78 Å². The molecule has 0 aromatic heterocycles. The molecule has 2 N–H and O–H groups in total. The second-order valence-corrected chi connectivity index (χ2v) is 2.97. The third kappa shape index (κ3) is 1.50. The van der Waals surface area contributed by atoms with Crippen molar-refractivity contribution < 1.29 is 18.3 Å². The highest BCUT2D eigenvalue weighted by molar-refractivity contribution is 5.45. The van der Waals surface area contributed by atoms with E-state index in [1.54, 1.807) is 6.07 Å². The Kier molecular flexibility index (Phi) is 2.25. The standard InChI is InChI=1S/C9H9F2NO2/c10-9(11)8(12)5-1-2-6-7(3-5)14-4-13-6/h1-3,8-9H,4,12H2. The van der Waals surface area contributed by atoms with E-state index in [0.717, 1.165) is 0 Å². The van der Waals surface area contributed by atoms with Gasteiger partial charge in [-0.3, -0.25) is 0 Å². The zero-order chi connectivity index (χ0) is 10.1. The number of hydrogen-bond acceptors (Lipinski definition) is 3. The van der Waals surface area contributed by atoms with E-state index in [9.17, 15) is 8.78 Å². The summed E-state index contributed by atoms with van der Waals surface area (Å²) in [6.07, 6.45) is -2.57. The minimum absolute atomic E-state index is 0.128. The number of benzene rings is 1. The molecule has 1 unspecified atom stereocenters. The summed E-state index contributed by atoms with van der Waals surface area (Å²) in [5, 5.41) is 0. The highest BCUT2D eigenvalue weighted by atomic mass is 19.3. The molecule has 0 aliphatic carbocycles. The lowest BCUT2D eigenvalue weighted by atomic mass is 10.1. The van der Waals surface area contributed by atoms with Gasteiger partial charge in [0.15, 0.2) is 11.5 Å². The van der Waals surface area contributed by atoms with Gasteiger partial charge in [-0.25, -0.2) is 8.78 Å². The first-order valence-corrected chi connectivity index (χ1v) is 4.12. The van der Waals surface area contributed by atoms with E-state index in [4.69, 9.17) is 15.2 Å². The second kappa shape index (κ2) is 3.42. The summed E-state index contributed by atoms with van der Waals surface area (Å²) in [5.74, 6) is 1.04. The number of ether oxygens (including phenoxy) is 2. The first kappa shape index (κ1) is 9.21. The quantitative estimate of drug-likeness (QED) is 0.791. The Morgan fingerprint density at radius 2 is 1.93 bits per heavy atom. The Hall–Kier alpha value is -1.36. The van der Waals surface area contributed by atoms with Gasteiger partial charge in [-0.2, -0.15) is 0 Å². The monoisotopic (exact) mass is 201 g/mol. The second-order valence-electron chi connectivity index (χ2n) is 2.97. The van der Waals surface area contributed by atoms with Gasteiger partial charge >= 0.3 is 0 Å². The molecular weight excluding hydrogens is 192 g/mol. The molecule has 1 atom stereocenters. The summed E-state index contributed by atoms with van der Waals surface area (Å²) < 4.78 is 34.6. The lowest BCUT2D eigenvalue weighted by Gasteiger charge is -2.10. The van der Waals surface area contributed by atoms with Crippen molar-refractivity contribution in [3.8, 4) is 11.5 Å². The van der Waals surface area contributed by atoms with Crippen LogP contribution in [0.5, 0.6) is 11.5 Å². The molecule has 0 saturated carbocycles. The summed E-state index contributed by atoms with van der Waals surface area (Å²) >= 11 is 0. The van der Waals surface area contributed by atoms with Gasteiger partial charge in [-0.1, -0.05) is 6.07 Å². The van der Waals surface area contributed by atoms with Crippen molar-refractivity contribution in [3.05, 3.63) is 23.8 Å². The van der Waals surface area contributed by atoms with Crippen molar-refractivity contribution in [2.75, 3.05) is 6.79 Å². The molecular formula is C9H9F2NO2. The normalized spacial score (nSPS) is 16.0. The fourth-order valence-corrected chi connectivity index (χ4v) is 1.27. The number of halogens is 2. The van der Waals surface area contributed by atoms with Crippen LogP contribution in [0.3, 0.4) is 0 Å². The van der Waals surface area contributed by atoms with E-state index in [2.05, 4.69) is 0 Å². The van der Waals surface area contributed by atoms with Gasteiger partial charge in [0.1, 0.15) is 0 Å². The molecule has 0 fully saturated rings. The molecule has 1 aliphatic heterocycles. The number of fused-ring (bicyclic) bond motifs is 1. The predicted molar refractivity (Wildman–Crippen MR) is 45.5 cm³/mol. The average Bonchev–Trinajstić information content (AvgIpc) is 2.62. The third-order valence-corrected chi connectivity index (χ3v) is 2.05. The van der Waals surface area contributed by atoms with Gasteiger partial charge in [0, 0.05) is 0 Å². The van der Waals surface area contributed by atoms with Crippen molar-refractivity contribution in [1.82, 2.24) is 0 Å². The predicted octanol–water partition coefficient (Wildman–Crippen LogP) is 1.68. The van der Waals surface area contributed by atoms with Crippen LogP contribution in [0.15, 0.2) is 18.2 Å². The maximum atomic E-state index is 12.3. The zero-order valence-corrected chi connectivity index (χ0v) is 7.24. The third-order valence-electron chi connectivity index (χ3n) is 2.05. The highest BCUT2D eigenvalue weighted by Gasteiger charge is 2.21. The lowest BCUT2D eigenvalue weighted by molar-refractivity contribution is 0.116. The molecule has 0 spiro atoms. The number of alkyl halides is 2. The van der Waals surface area contributed by atoms with Crippen LogP contribution >= 0.6 is 0 Å². The van der Waals surface area contributed by atoms with Gasteiger partial charge < -0.3 is 15.2 Å². The average molecular weight is 201 g/mol. The summed E-state index contributed by atoms with van der Waals surface area (Å²) in [7, 11) is 0. The van der Waals surface area contributed by atoms with Gasteiger partial charge in [0.25, 0.3) is 6.43 Å². The van der Waals surface area contributed by atoms with E-state index in [1.165, 1.54) is 12.1 Å². The van der Waals surface area contributed by atoms with Gasteiger partial charge in [-0.05, 0) is 17.7 Å². The van der Waals surface area contributed by atoms with Crippen molar-refractivity contribution >= 4 is 0 Å². The fourth-order valence-electron chi connectivity index (χ4n) is 1.27. The van der Waals surface area contributed by atoms with Crippen LogP contribution in [0.1, 0.15) is 11.6 Å². The molecule has 1 aliphatic rings. The molecule has 0 amide bonds. The van der Waals surface area contributed by atoms with E-state index in [-0.39, 0.29) is 6.79 Å². The van der Waals surface area contributed by atoms with Crippen LogP contribution in [-0.4, -0.2) is 13.2 Å². The Morgan fingerprint density at radius 1 is 1.21 bits per heavy atom. The molecule has 0 radical (unpaired) electrons. The SMILES string of the molecule is NC(c1ccc2c(c1)OCO2)C(F)F. The largest absolute Gasteiger partial charge is 0.454 e. The molecule has 5 heteroatoms. The lowest BCUT2D eigenvalue weighted by Crippen LogP contribution is -2.18. The van der Waals surface area contributed by atoms with E-state index in [1.807, 2.05) is 0 Å². The van der Waals surface area contributed by atoms with E-state index < -0.39 is 12.5 Å². The molecule has 1 aromatic rings. The first-order valence-electron chi connectivity index (χ1n) is 4.12. The van der Waals surface area contributed by atoms with Crippen molar-refractivity contribution in [1.29, 1.82) is 0 Å². The molecule has 0 bridgehead atoms. The molecule has 14 heavy (non-hydrogen) atoms.